The SMILES string of the molecule is C[O][Ge]([CH3])([O]C)[O]C(C)(C)C(C)C(C)C(C)C(C)(C)[O][Ge]([CH3])([O]C)[O]C. The molecule has 0 aromatic carbocycles. The molecule has 0 fully saturated rings. The van der Waals surface area contributed by atoms with E-state index in [4.69, 9.17) is 22.6 Å². The van der Waals surface area contributed by atoms with E-state index in [-0.39, 0.29) is 23.0 Å². The van der Waals surface area contributed by atoms with Gasteiger partial charge in [-0.3, -0.25) is 0 Å². The molecule has 8 heteroatoms. The monoisotopic (exact) mass is 502 g/mol. The molecule has 0 radical (unpaired) electrons. The van der Waals surface area contributed by atoms with E-state index < -0.39 is 28.6 Å². The molecular weight excluding hydrogens is 457 g/mol. The Kier molecular flexibility index (Phi) is 10.4. The van der Waals surface area contributed by atoms with Gasteiger partial charge < -0.3 is 0 Å². The van der Waals surface area contributed by atoms with E-state index in [2.05, 4.69) is 48.5 Å². The Morgan fingerprint density at radius 2 is 0.808 bits per heavy atom. The Labute approximate surface area is 168 Å². The molecule has 0 aliphatic rings. The zero-order valence-corrected chi connectivity index (χ0v) is 23.4. The summed E-state index contributed by atoms with van der Waals surface area (Å²) in [6, 6.07) is 0. The quantitative estimate of drug-likeness (QED) is 0.375. The molecule has 0 spiro atoms. The summed E-state index contributed by atoms with van der Waals surface area (Å²) in [6.45, 7) is 15.1. The van der Waals surface area contributed by atoms with Gasteiger partial charge >= 0.3 is 169 Å². The maximum absolute atomic E-state index is 6.38. The molecule has 0 bridgehead atoms. The van der Waals surface area contributed by atoms with Crippen molar-refractivity contribution in [3.05, 3.63) is 0 Å². The molecule has 158 valence electrons. The summed E-state index contributed by atoms with van der Waals surface area (Å²) in [5.41, 5.74) is -0.754. The van der Waals surface area contributed by atoms with Gasteiger partial charge in [0, 0.05) is 0 Å². The fourth-order valence-electron chi connectivity index (χ4n) is 3.17. The molecule has 0 saturated heterocycles. The molecule has 26 heavy (non-hydrogen) atoms. The maximum atomic E-state index is 6.38. The van der Waals surface area contributed by atoms with Crippen molar-refractivity contribution in [2.45, 2.75) is 71.2 Å². The van der Waals surface area contributed by atoms with Crippen molar-refractivity contribution in [2.24, 2.45) is 17.8 Å². The normalized spacial score (nSPS) is 17.9. The third-order valence-corrected chi connectivity index (χ3v) is 16.1. The number of hydrogen-bond donors (Lipinski definition) is 0. The van der Waals surface area contributed by atoms with Crippen molar-refractivity contribution in [3.8, 4) is 0 Å². The summed E-state index contributed by atoms with van der Waals surface area (Å²) in [6.07, 6.45) is 0. The predicted octanol–water partition coefficient (Wildman–Crippen LogP) is 4.21. The first-order chi connectivity index (χ1) is 11.6. The van der Waals surface area contributed by atoms with Crippen molar-refractivity contribution in [1.82, 2.24) is 0 Å². The fourth-order valence-corrected chi connectivity index (χ4v) is 9.36. The molecule has 6 nitrogen and oxygen atoms in total. The van der Waals surface area contributed by atoms with Gasteiger partial charge in [-0.05, 0) is 0 Å². The van der Waals surface area contributed by atoms with Gasteiger partial charge in [0.05, 0.1) is 0 Å². The van der Waals surface area contributed by atoms with Crippen molar-refractivity contribution in [3.63, 3.8) is 0 Å². The van der Waals surface area contributed by atoms with Crippen LogP contribution in [-0.2, 0) is 22.6 Å². The molecule has 0 rings (SSSR count). The third-order valence-electron chi connectivity index (χ3n) is 6.15. The molecule has 0 N–H and O–H groups in total. The van der Waals surface area contributed by atoms with E-state index in [1.165, 1.54) is 0 Å². The van der Waals surface area contributed by atoms with Gasteiger partial charge in [0.25, 0.3) is 0 Å². The summed E-state index contributed by atoms with van der Waals surface area (Å²) >= 11 is -6.36. The van der Waals surface area contributed by atoms with Gasteiger partial charge in [-0.1, -0.05) is 0 Å². The Balaban J connectivity index is 5.33. The van der Waals surface area contributed by atoms with Crippen LogP contribution in [0.4, 0.5) is 0 Å². The number of hydrogen-bond acceptors (Lipinski definition) is 6. The molecule has 0 saturated carbocycles. The third kappa shape index (κ3) is 7.02. The predicted molar refractivity (Wildman–Crippen MR) is 109 cm³/mol. The fraction of sp³-hybridized carbons (Fsp3) is 1.00. The standard InChI is InChI=1S/C18H42Ge2O6/c1-14(15(2)17(4,5)25-19(8,21-10)22-11)16(3)18(6,7)26-20(9,23-12)24-13/h14-16H,1-13H3. The van der Waals surface area contributed by atoms with Crippen molar-refractivity contribution in [2.75, 3.05) is 28.4 Å². The first-order valence-electron chi connectivity index (χ1n) is 9.24. The van der Waals surface area contributed by atoms with E-state index in [1.807, 2.05) is 11.5 Å². The van der Waals surface area contributed by atoms with Gasteiger partial charge in [-0.25, -0.2) is 0 Å². The van der Waals surface area contributed by atoms with Crippen LogP contribution in [0, 0.1) is 17.8 Å². The summed E-state index contributed by atoms with van der Waals surface area (Å²) < 4.78 is 35.0. The molecule has 0 heterocycles. The number of rotatable bonds is 12. The molecule has 0 amide bonds. The van der Waals surface area contributed by atoms with Crippen LogP contribution in [0.25, 0.3) is 0 Å². The zero-order chi connectivity index (χ0) is 21.0. The van der Waals surface area contributed by atoms with Crippen LogP contribution < -0.4 is 0 Å². The summed E-state index contributed by atoms with van der Waals surface area (Å²) in [5.74, 6) is 4.79. The van der Waals surface area contributed by atoms with E-state index >= 15 is 0 Å². The van der Waals surface area contributed by atoms with Crippen LogP contribution in [0.15, 0.2) is 0 Å². The van der Waals surface area contributed by atoms with E-state index in [1.54, 1.807) is 28.4 Å². The second kappa shape index (κ2) is 10.0. The first kappa shape index (κ1) is 26.8. The molecule has 0 aromatic heterocycles. The topological polar surface area (TPSA) is 55.4 Å². The van der Waals surface area contributed by atoms with E-state index in [9.17, 15) is 0 Å². The van der Waals surface area contributed by atoms with Gasteiger partial charge in [0.2, 0.25) is 0 Å². The molecule has 2 unspecified atom stereocenters. The van der Waals surface area contributed by atoms with Crippen LogP contribution in [0.2, 0.25) is 11.5 Å². The molecule has 2 atom stereocenters. The summed E-state index contributed by atoms with van der Waals surface area (Å²) in [4.78, 5) is 0. The summed E-state index contributed by atoms with van der Waals surface area (Å²) in [7, 11) is 6.65. The van der Waals surface area contributed by atoms with Gasteiger partial charge in [-0.15, -0.1) is 0 Å². The van der Waals surface area contributed by atoms with E-state index in [0.717, 1.165) is 0 Å². The first-order valence-corrected chi connectivity index (χ1v) is 18.6. The Hall–Kier alpha value is 0.846. The average molecular weight is 500 g/mol. The van der Waals surface area contributed by atoms with Crippen LogP contribution in [0.1, 0.15) is 48.5 Å². The van der Waals surface area contributed by atoms with Crippen LogP contribution >= 0.6 is 0 Å². The second-order valence-corrected chi connectivity index (χ2v) is 19.9. The molecular formula is C18H42Ge2O6. The van der Waals surface area contributed by atoms with Gasteiger partial charge in [0.1, 0.15) is 0 Å². The van der Waals surface area contributed by atoms with Crippen LogP contribution in [-0.4, -0.2) is 68.2 Å². The Morgan fingerprint density at radius 1 is 0.577 bits per heavy atom. The molecule has 0 aliphatic carbocycles. The van der Waals surface area contributed by atoms with Gasteiger partial charge in [0.15, 0.2) is 0 Å². The van der Waals surface area contributed by atoms with Crippen molar-refractivity contribution in [1.29, 1.82) is 0 Å². The minimum atomic E-state index is -3.18. The van der Waals surface area contributed by atoms with Gasteiger partial charge in [-0.2, -0.15) is 0 Å². The van der Waals surface area contributed by atoms with Crippen molar-refractivity contribution >= 4 is 28.6 Å². The van der Waals surface area contributed by atoms with E-state index in [0.29, 0.717) is 5.92 Å². The molecule has 0 aliphatic heterocycles. The summed E-state index contributed by atoms with van der Waals surface area (Å²) in [5, 5.41) is 0. The second-order valence-electron chi connectivity index (χ2n) is 8.39. The Bertz CT molecular complexity index is 384. The average Bonchev–Trinajstić information content (AvgIpc) is 2.58. The van der Waals surface area contributed by atoms with Crippen LogP contribution in [0.5, 0.6) is 0 Å². The minimum absolute atomic E-state index is 0.263. The Morgan fingerprint density at radius 3 is 1.00 bits per heavy atom. The zero-order valence-electron chi connectivity index (χ0n) is 19.2. The van der Waals surface area contributed by atoms with Crippen LogP contribution in [0.3, 0.4) is 0 Å². The van der Waals surface area contributed by atoms with Crippen molar-refractivity contribution < 1.29 is 22.6 Å². The molecule has 0 aromatic rings.